The fourth-order valence-electron chi connectivity index (χ4n) is 1.45. The van der Waals surface area contributed by atoms with Crippen molar-refractivity contribution in [2.45, 2.75) is 32.2 Å². The Morgan fingerprint density at radius 3 is 2.56 bits per heavy atom. The Morgan fingerprint density at radius 2 is 2.06 bits per heavy atom. The van der Waals surface area contributed by atoms with Gasteiger partial charge in [0.1, 0.15) is 0 Å². The molecule has 0 aliphatic heterocycles. The smallest absolute Gasteiger partial charge is 0.239 e. The lowest BCUT2D eigenvalue weighted by molar-refractivity contribution is -0.135. The number of likely N-dealkylation sites (N-methyl/N-ethyl adjacent to an activating group) is 1. The third-order valence-corrected chi connectivity index (χ3v) is 2.58. The van der Waals surface area contributed by atoms with E-state index in [9.17, 15) is 9.59 Å². The topological polar surface area (TPSA) is 61.4 Å². The molecule has 1 rings (SSSR count). The lowest BCUT2D eigenvalue weighted by Gasteiger charge is -2.21. The molecule has 0 saturated heterocycles. The van der Waals surface area contributed by atoms with Gasteiger partial charge < -0.3 is 15.5 Å². The quantitative estimate of drug-likeness (QED) is 0.629. The number of amides is 2. The molecule has 0 atom stereocenters. The van der Waals surface area contributed by atoms with E-state index in [1.807, 2.05) is 6.92 Å². The van der Waals surface area contributed by atoms with Gasteiger partial charge in [0.25, 0.3) is 0 Å². The van der Waals surface area contributed by atoms with Gasteiger partial charge in [-0.05, 0) is 19.3 Å². The van der Waals surface area contributed by atoms with E-state index in [1.165, 1.54) is 0 Å². The van der Waals surface area contributed by atoms with E-state index >= 15 is 0 Å². The molecule has 0 spiro atoms. The lowest BCUT2D eigenvalue weighted by atomic mass is 10.3. The maximum absolute atomic E-state index is 11.8. The lowest BCUT2D eigenvalue weighted by Crippen LogP contribution is -2.44. The summed E-state index contributed by atoms with van der Waals surface area (Å²) in [5.41, 5.74) is 0. The normalized spacial score (nSPS) is 14.6. The first kappa shape index (κ1) is 13.0. The summed E-state index contributed by atoms with van der Waals surface area (Å²) in [6.45, 7) is 3.15. The molecule has 1 fully saturated rings. The highest BCUT2D eigenvalue weighted by molar-refractivity contribution is 5.85. The van der Waals surface area contributed by atoms with Crippen molar-refractivity contribution >= 4 is 11.8 Å². The van der Waals surface area contributed by atoms with Crippen LogP contribution < -0.4 is 10.6 Å². The summed E-state index contributed by atoms with van der Waals surface area (Å²) in [6.07, 6.45) is 3.19. The Kier molecular flexibility index (Phi) is 5.25. The molecule has 0 bridgehead atoms. The fourth-order valence-corrected chi connectivity index (χ4v) is 1.45. The molecule has 0 aromatic carbocycles. The average Bonchev–Trinajstić information content (AvgIpc) is 3.08. The van der Waals surface area contributed by atoms with Crippen LogP contribution in [0.1, 0.15) is 26.2 Å². The molecule has 2 N–H and O–H groups in total. The highest BCUT2D eigenvalue weighted by atomic mass is 16.2. The van der Waals surface area contributed by atoms with E-state index in [4.69, 9.17) is 0 Å². The van der Waals surface area contributed by atoms with Gasteiger partial charge in [-0.25, -0.2) is 0 Å². The summed E-state index contributed by atoms with van der Waals surface area (Å²) in [6, 6.07) is 0.521. The average molecular weight is 227 g/mol. The zero-order chi connectivity index (χ0) is 12.0. The Hall–Kier alpha value is -1.10. The second-order valence-electron chi connectivity index (χ2n) is 4.14. The second-order valence-corrected chi connectivity index (χ2v) is 4.14. The number of nitrogens with one attached hydrogen (secondary N) is 2. The molecular formula is C11H21N3O2. The maximum Gasteiger partial charge on any atom is 0.239 e. The highest BCUT2D eigenvalue weighted by Crippen LogP contribution is 2.18. The number of nitrogens with zero attached hydrogens (tertiary/aromatic N) is 1. The van der Waals surface area contributed by atoms with Crippen molar-refractivity contribution in [3.8, 4) is 0 Å². The zero-order valence-corrected chi connectivity index (χ0v) is 10.1. The number of hydrogen-bond donors (Lipinski definition) is 2. The molecule has 1 aliphatic rings. The summed E-state index contributed by atoms with van der Waals surface area (Å²) in [7, 11) is 1.58. The molecule has 16 heavy (non-hydrogen) atoms. The van der Waals surface area contributed by atoms with Gasteiger partial charge in [-0.2, -0.15) is 0 Å². The van der Waals surface area contributed by atoms with Crippen molar-refractivity contribution in [3.05, 3.63) is 0 Å². The van der Waals surface area contributed by atoms with Crippen LogP contribution in [0.25, 0.3) is 0 Å². The van der Waals surface area contributed by atoms with E-state index < -0.39 is 0 Å². The van der Waals surface area contributed by atoms with E-state index in [0.29, 0.717) is 19.1 Å². The molecule has 2 amide bonds. The monoisotopic (exact) mass is 227 g/mol. The maximum atomic E-state index is 11.8. The predicted octanol–water partition coefficient (Wildman–Crippen LogP) is -0.277. The van der Waals surface area contributed by atoms with Gasteiger partial charge in [-0.3, -0.25) is 9.59 Å². The number of carbonyl (C=O) groups excluding carboxylic acids is 2. The first-order valence-electron chi connectivity index (χ1n) is 5.89. The molecule has 0 heterocycles. The third-order valence-electron chi connectivity index (χ3n) is 2.58. The molecule has 0 aromatic rings. The third kappa shape index (κ3) is 4.61. The summed E-state index contributed by atoms with van der Waals surface area (Å²) < 4.78 is 0. The minimum atomic E-state index is -0.117. The van der Waals surface area contributed by atoms with Gasteiger partial charge in [-0.15, -0.1) is 0 Å². The van der Waals surface area contributed by atoms with Crippen LogP contribution in [0.15, 0.2) is 0 Å². The van der Waals surface area contributed by atoms with Crippen molar-refractivity contribution < 1.29 is 9.59 Å². The largest absolute Gasteiger partial charge is 0.358 e. The molecule has 1 aliphatic carbocycles. The molecule has 0 aromatic heterocycles. The van der Waals surface area contributed by atoms with Gasteiger partial charge in [-0.1, -0.05) is 6.92 Å². The van der Waals surface area contributed by atoms with Crippen LogP contribution >= 0.6 is 0 Å². The van der Waals surface area contributed by atoms with Gasteiger partial charge in [0.05, 0.1) is 13.1 Å². The number of carbonyl (C=O) groups is 2. The minimum Gasteiger partial charge on any atom is -0.358 e. The summed E-state index contributed by atoms with van der Waals surface area (Å²) in [4.78, 5) is 24.6. The first-order valence-corrected chi connectivity index (χ1v) is 5.89. The summed E-state index contributed by atoms with van der Waals surface area (Å²) >= 11 is 0. The Morgan fingerprint density at radius 1 is 1.38 bits per heavy atom. The van der Waals surface area contributed by atoms with E-state index in [2.05, 4.69) is 10.6 Å². The van der Waals surface area contributed by atoms with Crippen LogP contribution in [-0.4, -0.2) is 49.4 Å². The van der Waals surface area contributed by atoms with Crippen molar-refractivity contribution in [3.63, 3.8) is 0 Å². The van der Waals surface area contributed by atoms with Crippen molar-refractivity contribution in [1.29, 1.82) is 0 Å². The molecule has 1 saturated carbocycles. The number of rotatable bonds is 7. The van der Waals surface area contributed by atoms with Crippen LogP contribution in [0.3, 0.4) is 0 Å². The molecule has 5 heteroatoms. The Balaban J connectivity index is 2.33. The van der Waals surface area contributed by atoms with Crippen LogP contribution in [-0.2, 0) is 9.59 Å². The number of hydrogen-bond acceptors (Lipinski definition) is 3. The SMILES string of the molecule is CCCN(CC(=O)NC)C(=O)CNC1CC1. The van der Waals surface area contributed by atoms with Gasteiger partial charge >= 0.3 is 0 Å². The molecule has 5 nitrogen and oxygen atoms in total. The van der Waals surface area contributed by atoms with Crippen LogP contribution in [0.2, 0.25) is 0 Å². The Bertz CT molecular complexity index is 252. The fraction of sp³-hybridized carbons (Fsp3) is 0.818. The van der Waals surface area contributed by atoms with Gasteiger partial charge in [0.15, 0.2) is 0 Å². The molecule has 0 radical (unpaired) electrons. The molecule has 92 valence electrons. The Labute approximate surface area is 96.6 Å². The minimum absolute atomic E-state index is 0.0114. The molecular weight excluding hydrogens is 206 g/mol. The van der Waals surface area contributed by atoms with Gasteiger partial charge in [0, 0.05) is 19.6 Å². The highest BCUT2D eigenvalue weighted by Gasteiger charge is 2.23. The summed E-state index contributed by atoms with van der Waals surface area (Å²) in [5, 5.41) is 5.70. The van der Waals surface area contributed by atoms with E-state index in [0.717, 1.165) is 19.3 Å². The molecule has 0 unspecified atom stereocenters. The van der Waals surface area contributed by atoms with Crippen molar-refractivity contribution in [1.82, 2.24) is 15.5 Å². The standard InChI is InChI=1S/C11H21N3O2/c1-3-6-14(8-10(15)12-2)11(16)7-13-9-4-5-9/h9,13H,3-8H2,1-2H3,(H,12,15). The van der Waals surface area contributed by atoms with E-state index in [-0.39, 0.29) is 18.4 Å². The van der Waals surface area contributed by atoms with Crippen LogP contribution in [0, 0.1) is 0 Å². The van der Waals surface area contributed by atoms with Crippen molar-refractivity contribution in [2.24, 2.45) is 0 Å². The van der Waals surface area contributed by atoms with Crippen LogP contribution in [0.4, 0.5) is 0 Å². The summed E-state index contributed by atoms with van der Waals surface area (Å²) in [5.74, 6) is -0.106. The van der Waals surface area contributed by atoms with Gasteiger partial charge in [0.2, 0.25) is 11.8 Å². The first-order chi connectivity index (χ1) is 7.67. The predicted molar refractivity (Wildman–Crippen MR) is 62.0 cm³/mol. The van der Waals surface area contributed by atoms with Crippen LogP contribution in [0.5, 0.6) is 0 Å². The van der Waals surface area contributed by atoms with Crippen molar-refractivity contribution in [2.75, 3.05) is 26.7 Å². The second kappa shape index (κ2) is 6.48. The zero-order valence-electron chi connectivity index (χ0n) is 10.1. The van der Waals surface area contributed by atoms with E-state index in [1.54, 1.807) is 11.9 Å².